The Labute approximate surface area is 150 Å². The fourth-order valence-corrected chi connectivity index (χ4v) is 3.04. The number of halogens is 2. The number of hydrogen-bond donors (Lipinski definition) is 1. The zero-order chi connectivity index (χ0) is 17.6. The molecule has 0 unspecified atom stereocenters. The molecule has 3 aromatic rings. The number of rotatable bonds is 5. The zero-order valence-corrected chi connectivity index (χ0v) is 14.1. The monoisotopic (exact) mass is 354 g/mol. The van der Waals surface area contributed by atoms with E-state index in [9.17, 15) is 9.60 Å². The van der Waals surface area contributed by atoms with Crippen molar-refractivity contribution in [3.63, 3.8) is 0 Å². The summed E-state index contributed by atoms with van der Waals surface area (Å²) < 4.78 is 13.5. The van der Waals surface area contributed by atoms with Gasteiger partial charge in [-0.25, -0.2) is 4.98 Å². The highest BCUT2D eigenvalue weighted by Crippen LogP contribution is 2.31. The van der Waals surface area contributed by atoms with Crippen LogP contribution in [0.1, 0.15) is 29.0 Å². The van der Waals surface area contributed by atoms with Crippen LogP contribution in [0.3, 0.4) is 0 Å². The molecule has 1 heterocycles. The van der Waals surface area contributed by atoms with Gasteiger partial charge in [0.15, 0.2) is 0 Å². The number of aromatic nitrogens is 1. The molecule has 0 aliphatic heterocycles. The summed E-state index contributed by atoms with van der Waals surface area (Å²) in [5.74, 6) is -0.725. The van der Waals surface area contributed by atoms with Crippen LogP contribution in [0, 0.1) is 5.95 Å². The lowest BCUT2D eigenvalue weighted by molar-refractivity contribution is 0.317. The Morgan fingerprint density at radius 2 is 1.60 bits per heavy atom. The van der Waals surface area contributed by atoms with Crippen LogP contribution in [0.25, 0.3) is 0 Å². The first-order valence-electron chi connectivity index (χ1n) is 7.81. The van der Waals surface area contributed by atoms with Crippen molar-refractivity contribution in [1.82, 2.24) is 4.98 Å². The molecule has 3 rings (SSSR count). The predicted octanol–water partition coefficient (Wildman–Crippen LogP) is 5.27. The van der Waals surface area contributed by atoms with Gasteiger partial charge in [0.25, 0.3) is 0 Å². The fourth-order valence-electron chi connectivity index (χ4n) is 2.83. The molecule has 1 aromatic heterocycles. The van der Waals surface area contributed by atoms with Gasteiger partial charge in [0.05, 0.1) is 10.7 Å². The molecule has 2 aromatic carbocycles. The molecular weight excluding hydrogens is 339 g/mol. The van der Waals surface area contributed by atoms with Gasteiger partial charge in [0, 0.05) is 30.2 Å². The summed E-state index contributed by atoms with van der Waals surface area (Å²) in [6.45, 7) is 0. The van der Waals surface area contributed by atoms with Gasteiger partial charge in [-0.1, -0.05) is 77.4 Å². The van der Waals surface area contributed by atoms with Crippen LogP contribution >= 0.6 is 11.6 Å². The third-order valence-electron chi connectivity index (χ3n) is 4.05. The van der Waals surface area contributed by atoms with E-state index in [0.717, 1.165) is 11.1 Å². The third kappa shape index (κ3) is 4.03. The molecule has 0 radical (unpaired) electrons. The number of hydrogen-bond acceptors (Lipinski definition) is 3. The van der Waals surface area contributed by atoms with Gasteiger partial charge in [-0.05, 0) is 11.1 Å². The molecule has 0 amide bonds. The van der Waals surface area contributed by atoms with Gasteiger partial charge in [-0.2, -0.15) is 4.39 Å². The first-order valence-corrected chi connectivity index (χ1v) is 8.19. The third-order valence-corrected chi connectivity index (χ3v) is 4.36. The highest BCUT2D eigenvalue weighted by molar-refractivity contribution is 6.34. The van der Waals surface area contributed by atoms with E-state index in [4.69, 9.17) is 11.6 Å². The Kier molecular flexibility index (Phi) is 5.41. The van der Waals surface area contributed by atoms with Crippen LogP contribution in [-0.2, 0) is 0 Å². The van der Waals surface area contributed by atoms with Crippen molar-refractivity contribution >= 4 is 17.3 Å². The average molecular weight is 355 g/mol. The van der Waals surface area contributed by atoms with Gasteiger partial charge in [-0.3, -0.25) is 0 Å². The Balaban J connectivity index is 2.01. The summed E-state index contributed by atoms with van der Waals surface area (Å²) in [4.78, 5) is 3.52. The van der Waals surface area contributed by atoms with Crippen LogP contribution in [0.5, 0.6) is 0 Å². The van der Waals surface area contributed by atoms with Crippen molar-refractivity contribution in [3.8, 4) is 0 Å². The topological polar surface area (TPSA) is 45.5 Å². The zero-order valence-electron chi connectivity index (χ0n) is 13.3. The van der Waals surface area contributed by atoms with E-state index >= 15 is 0 Å². The Morgan fingerprint density at radius 3 is 2.12 bits per heavy atom. The van der Waals surface area contributed by atoms with Crippen molar-refractivity contribution < 1.29 is 9.60 Å². The van der Waals surface area contributed by atoms with Crippen LogP contribution in [0.15, 0.2) is 78.1 Å². The van der Waals surface area contributed by atoms with Crippen molar-refractivity contribution in [1.29, 1.82) is 0 Å². The standard InChI is InChI=1S/C20H16ClFN2O/c21-18-13-23-20(22)12-17(18)19(24-25)11-16(14-7-3-1-4-8-14)15-9-5-2-6-10-15/h1-10,12-13,16,25H,11H2/b24-19-. The van der Waals surface area contributed by atoms with Gasteiger partial charge in [-0.15, -0.1) is 0 Å². The summed E-state index contributed by atoms with van der Waals surface area (Å²) >= 11 is 6.12. The minimum absolute atomic E-state index is 0.0550. The molecule has 0 fully saturated rings. The van der Waals surface area contributed by atoms with Crippen molar-refractivity contribution in [2.45, 2.75) is 12.3 Å². The number of benzene rings is 2. The molecule has 3 nitrogen and oxygen atoms in total. The number of pyridine rings is 1. The Hall–Kier alpha value is -2.72. The second-order valence-electron chi connectivity index (χ2n) is 5.61. The summed E-state index contributed by atoms with van der Waals surface area (Å²) in [5, 5.41) is 13.2. The molecule has 0 aliphatic rings. The lowest BCUT2D eigenvalue weighted by atomic mass is 9.85. The average Bonchev–Trinajstić information content (AvgIpc) is 2.66. The number of nitrogens with zero attached hydrogens (tertiary/aromatic N) is 2. The summed E-state index contributed by atoms with van der Waals surface area (Å²) in [6, 6.07) is 21.0. The maximum Gasteiger partial charge on any atom is 0.213 e. The molecule has 0 spiro atoms. The normalized spacial score (nSPS) is 11.7. The fraction of sp³-hybridized carbons (Fsp3) is 0.100. The molecule has 25 heavy (non-hydrogen) atoms. The largest absolute Gasteiger partial charge is 0.411 e. The lowest BCUT2D eigenvalue weighted by Crippen LogP contribution is -2.11. The van der Waals surface area contributed by atoms with E-state index in [1.54, 1.807) is 0 Å². The molecule has 5 heteroatoms. The van der Waals surface area contributed by atoms with E-state index in [1.165, 1.54) is 12.3 Å². The van der Waals surface area contributed by atoms with E-state index < -0.39 is 5.95 Å². The SMILES string of the molecule is O/N=C(/CC(c1ccccc1)c1ccccc1)c1cc(F)ncc1Cl. The van der Waals surface area contributed by atoms with E-state index in [0.29, 0.717) is 17.7 Å². The Morgan fingerprint density at radius 1 is 1.04 bits per heavy atom. The molecule has 0 saturated carbocycles. The van der Waals surface area contributed by atoms with Crippen LogP contribution in [0.2, 0.25) is 5.02 Å². The van der Waals surface area contributed by atoms with E-state index in [-0.39, 0.29) is 10.9 Å². The maximum absolute atomic E-state index is 13.5. The molecule has 0 atom stereocenters. The second kappa shape index (κ2) is 7.90. The van der Waals surface area contributed by atoms with E-state index in [1.807, 2.05) is 60.7 Å². The van der Waals surface area contributed by atoms with E-state index in [2.05, 4.69) is 10.1 Å². The van der Waals surface area contributed by atoms with Crippen molar-refractivity contribution in [2.24, 2.45) is 5.16 Å². The lowest BCUT2D eigenvalue weighted by Gasteiger charge is -2.19. The summed E-state index contributed by atoms with van der Waals surface area (Å²) in [5.41, 5.74) is 2.79. The molecule has 0 aliphatic carbocycles. The predicted molar refractivity (Wildman–Crippen MR) is 96.9 cm³/mol. The quantitative estimate of drug-likeness (QED) is 0.293. The van der Waals surface area contributed by atoms with Gasteiger partial charge < -0.3 is 5.21 Å². The number of oxime groups is 1. The highest BCUT2D eigenvalue weighted by atomic mass is 35.5. The van der Waals surface area contributed by atoms with Gasteiger partial charge in [0.2, 0.25) is 5.95 Å². The molecule has 1 N–H and O–H groups in total. The Bertz CT molecular complexity index is 830. The first kappa shape index (κ1) is 17.1. The van der Waals surface area contributed by atoms with Crippen LogP contribution in [0.4, 0.5) is 4.39 Å². The molecule has 0 bridgehead atoms. The van der Waals surface area contributed by atoms with Crippen molar-refractivity contribution in [3.05, 3.63) is 101 Å². The maximum atomic E-state index is 13.5. The minimum Gasteiger partial charge on any atom is -0.411 e. The van der Waals surface area contributed by atoms with Crippen LogP contribution < -0.4 is 0 Å². The van der Waals surface area contributed by atoms with Crippen molar-refractivity contribution in [2.75, 3.05) is 0 Å². The minimum atomic E-state index is -0.670. The molecule has 0 saturated heterocycles. The highest BCUT2D eigenvalue weighted by Gasteiger charge is 2.20. The first-order chi connectivity index (χ1) is 12.2. The van der Waals surface area contributed by atoms with Gasteiger partial charge in [0.1, 0.15) is 0 Å². The van der Waals surface area contributed by atoms with Crippen LogP contribution in [-0.4, -0.2) is 15.9 Å². The smallest absolute Gasteiger partial charge is 0.213 e. The second-order valence-corrected chi connectivity index (χ2v) is 6.02. The summed E-state index contributed by atoms with van der Waals surface area (Å²) in [6.07, 6.45) is 1.59. The summed E-state index contributed by atoms with van der Waals surface area (Å²) in [7, 11) is 0. The van der Waals surface area contributed by atoms with Gasteiger partial charge >= 0.3 is 0 Å². The molecule has 126 valence electrons. The molecular formula is C20H16ClFN2O.